The van der Waals surface area contributed by atoms with Crippen molar-refractivity contribution in [1.29, 1.82) is 0 Å². The highest BCUT2D eigenvalue weighted by molar-refractivity contribution is 5.84. The van der Waals surface area contributed by atoms with Gasteiger partial charge in [0.1, 0.15) is 5.75 Å². The van der Waals surface area contributed by atoms with Gasteiger partial charge in [-0.05, 0) is 47.4 Å². The third-order valence-corrected chi connectivity index (χ3v) is 4.36. The average molecular weight is 333 g/mol. The number of fused-ring (bicyclic) bond motifs is 1. The normalized spacial score (nSPS) is 11.9. The summed E-state index contributed by atoms with van der Waals surface area (Å²) in [4.78, 5) is 12.2. The zero-order valence-corrected chi connectivity index (χ0v) is 14.7. The summed E-state index contributed by atoms with van der Waals surface area (Å²) < 4.78 is 5.64. The maximum Gasteiger partial charge on any atom is 0.258 e. The average Bonchev–Trinajstić information content (AvgIpc) is 2.66. The van der Waals surface area contributed by atoms with Gasteiger partial charge in [-0.2, -0.15) is 0 Å². The predicted molar refractivity (Wildman–Crippen MR) is 102 cm³/mol. The van der Waals surface area contributed by atoms with Gasteiger partial charge in [0.15, 0.2) is 6.61 Å². The Bertz CT molecular complexity index is 855. The van der Waals surface area contributed by atoms with Gasteiger partial charge < -0.3 is 10.1 Å². The molecule has 0 radical (unpaired) electrons. The Morgan fingerprint density at radius 2 is 1.72 bits per heavy atom. The molecule has 25 heavy (non-hydrogen) atoms. The summed E-state index contributed by atoms with van der Waals surface area (Å²) in [5.41, 5.74) is 2.39. The summed E-state index contributed by atoms with van der Waals surface area (Å²) in [7, 11) is 0. The molecular formula is C22H23NO2. The summed E-state index contributed by atoms with van der Waals surface area (Å²) in [6.45, 7) is 4.12. The van der Waals surface area contributed by atoms with Crippen LogP contribution in [-0.4, -0.2) is 12.5 Å². The van der Waals surface area contributed by atoms with Crippen molar-refractivity contribution in [3.8, 4) is 5.75 Å². The molecule has 3 aromatic carbocycles. The smallest absolute Gasteiger partial charge is 0.258 e. The lowest BCUT2D eigenvalue weighted by Gasteiger charge is -2.15. The molecule has 0 heterocycles. The Kier molecular flexibility index (Phi) is 5.34. The molecule has 0 saturated carbocycles. The quantitative estimate of drug-likeness (QED) is 0.712. The highest BCUT2D eigenvalue weighted by Crippen LogP contribution is 2.20. The molecular weight excluding hydrogens is 310 g/mol. The summed E-state index contributed by atoms with van der Waals surface area (Å²) in [5, 5.41) is 5.23. The van der Waals surface area contributed by atoms with Gasteiger partial charge in [0, 0.05) is 0 Å². The van der Waals surface area contributed by atoms with Crippen LogP contribution in [0.5, 0.6) is 5.75 Å². The SMILES string of the molecule is CCc1ccc([C@@H](C)NC(=O)COc2ccc3ccccc3c2)cc1. The number of hydrogen-bond acceptors (Lipinski definition) is 2. The molecule has 0 fully saturated rings. The number of nitrogens with one attached hydrogen (secondary N) is 1. The van der Waals surface area contributed by atoms with Crippen molar-refractivity contribution in [2.24, 2.45) is 0 Å². The molecule has 3 nitrogen and oxygen atoms in total. The van der Waals surface area contributed by atoms with Crippen molar-refractivity contribution in [2.75, 3.05) is 6.61 Å². The first-order chi connectivity index (χ1) is 12.2. The minimum absolute atomic E-state index is 0.00965. The fourth-order valence-corrected chi connectivity index (χ4v) is 2.81. The predicted octanol–water partition coefficient (Wildman–Crippen LogP) is 4.66. The Morgan fingerprint density at radius 1 is 1.00 bits per heavy atom. The summed E-state index contributed by atoms with van der Waals surface area (Å²) in [6.07, 6.45) is 1.01. The van der Waals surface area contributed by atoms with Crippen molar-refractivity contribution >= 4 is 16.7 Å². The maximum absolute atomic E-state index is 12.2. The minimum Gasteiger partial charge on any atom is -0.484 e. The number of hydrogen-bond donors (Lipinski definition) is 1. The van der Waals surface area contributed by atoms with E-state index in [0.29, 0.717) is 5.75 Å². The number of benzene rings is 3. The highest BCUT2D eigenvalue weighted by atomic mass is 16.5. The van der Waals surface area contributed by atoms with Crippen LogP contribution >= 0.6 is 0 Å². The van der Waals surface area contributed by atoms with Crippen molar-refractivity contribution in [3.05, 3.63) is 77.9 Å². The molecule has 0 unspecified atom stereocenters. The topological polar surface area (TPSA) is 38.3 Å². The summed E-state index contributed by atoms with van der Waals surface area (Å²) >= 11 is 0. The molecule has 0 saturated heterocycles. The van der Waals surface area contributed by atoms with Crippen LogP contribution in [0.1, 0.15) is 31.0 Å². The van der Waals surface area contributed by atoms with E-state index in [-0.39, 0.29) is 18.6 Å². The second kappa shape index (κ2) is 7.84. The van der Waals surface area contributed by atoms with E-state index in [0.717, 1.165) is 22.8 Å². The van der Waals surface area contributed by atoms with E-state index in [1.807, 2.05) is 43.3 Å². The second-order valence-corrected chi connectivity index (χ2v) is 6.18. The van der Waals surface area contributed by atoms with Gasteiger partial charge in [-0.1, -0.05) is 61.5 Å². The molecule has 3 aromatic rings. The van der Waals surface area contributed by atoms with Crippen LogP contribution in [0.2, 0.25) is 0 Å². The first kappa shape index (κ1) is 17.0. The van der Waals surface area contributed by atoms with Gasteiger partial charge >= 0.3 is 0 Å². The monoisotopic (exact) mass is 333 g/mol. The van der Waals surface area contributed by atoms with Gasteiger partial charge in [0.05, 0.1) is 6.04 Å². The highest BCUT2D eigenvalue weighted by Gasteiger charge is 2.10. The number of amides is 1. The minimum atomic E-state index is -0.125. The molecule has 0 bridgehead atoms. The molecule has 3 heteroatoms. The molecule has 0 aliphatic heterocycles. The molecule has 0 spiro atoms. The van der Waals surface area contributed by atoms with Gasteiger partial charge in [-0.15, -0.1) is 0 Å². The number of carbonyl (C=O) groups is 1. The van der Waals surface area contributed by atoms with Crippen LogP contribution in [-0.2, 0) is 11.2 Å². The van der Waals surface area contributed by atoms with Crippen LogP contribution < -0.4 is 10.1 Å². The maximum atomic E-state index is 12.2. The summed E-state index contributed by atoms with van der Waals surface area (Å²) in [6, 6.07) is 22.2. The van der Waals surface area contributed by atoms with E-state index >= 15 is 0 Å². The van der Waals surface area contributed by atoms with Gasteiger partial charge in [0.25, 0.3) is 5.91 Å². The molecule has 1 N–H and O–H groups in total. The Balaban J connectivity index is 1.55. The van der Waals surface area contributed by atoms with E-state index in [1.54, 1.807) is 0 Å². The molecule has 0 aromatic heterocycles. The molecule has 128 valence electrons. The first-order valence-corrected chi connectivity index (χ1v) is 8.65. The Morgan fingerprint density at radius 3 is 2.44 bits per heavy atom. The lowest BCUT2D eigenvalue weighted by molar-refractivity contribution is -0.123. The number of ether oxygens (including phenoxy) is 1. The number of carbonyl (C=O) groups excluding carboxylic acids is 1. The van der Waals surface area contributed by atoms with E-state index < -0.39 is 0 Å². The summed E-state index contributed by atoms with van der Waals surface area (Å²) in [5.74, 6) is 0.578. The van der Waals surface area contributed by atoms with Crippen LogP contribution in [0.4, 0.5) is 0 Å². The second-order valence-electron chi connectivity index (χ2n) is 6.18. The van der Waals surface area contributed by atoms with Crippen LogP contribution in [0.25, 0.3) is 10.8 Å². The number of aryl methyl sites for hydroxylation is 1. The van der Waals surface area contributed by atoms with Crippen molar-refractivity contribution in [3.63, 3.8) is 0 Å². The van der Waals surface area contributed by atoms with Gasteiger partial charge in [-0.25, -0.2) is 0 Å². The van der Waals surface area contributed by atoms with Crippen molar-refractivity contribution in [2.45, 2.75) is 26.3 Å². The lowest BCUT2D eigenvalue weighted by atomic mass is 10.1. The van der Waals surface area contributed by atoms with Gasteiger partial charge in [0.2, 0.25) is 0 Å². The largest absolute Gasteiger partial charge is 0.484 e. The lowest BCUT2D eigenvalue weighted by Crippen LogP contribution is -2.31. The molecule has 0 aliphatic rings. The standard InChI is InChI=1S/C22H23NO2/c1-3-17-8-10-18(11-9-17)16(2)23-22(24)15-25-21-13-12-19-6-4-5-7-20(19)14-21/h4-14,16H,3,15H2,1-2H3,(H,23,24)/t16-/m1/s1. The third kappa shape index (κ3) is 4.38. The van der Waals surface area contributed by atoms with E-state index in [2.05, 4.69) is 42.6 Å². The first-order valence-electron chi connectivity index (χ1n) is 8.65. The molecule has 1 atom stereocenters. The van der Waals surface area contributed by atoms with Crippen molar-refractivity contribution < 1.29 is 9.53 Å². The molecule has 3 rings (SSSR count). The Labute approximate surface area is 148 Å². The number of rotatable bonds is 6. The van der Waals surface area contributed by atoms with Crippen LogP contribution in [0.15, 0.2) is 66.7 Å². The fourth-order valence-electron chi connectivity index (χ4n) is 2.81. The zero-order chi connectivity index (χ0) is 17.6. The van der Waals surface area contributed by atoms with Crippen LogP contribution in [0.3, 0.4) is 0 Å². The van der Waals surface area contributed by atoms with E-state index in [9.17, 15) is 4.79 Å². The van der Waals surface area contributed by atoms with Crippen molar-refractivity contribution in [1.82, 2.24) is 5.32 Å². The third-order valence-electron chi connectivity index (χ3n) is 4.36. The molecule has 1 amide bonds. The molecule has 0 aliphatic carbocycles. The van der Waals surface area contributed by atoms with E-state index in [4.69, 9.17) is 4.74 Å². The van der Waals surface area contributed by atoms with Crippen LogP contribution in [0, 0.1) is 0 Å². The van der Waals surface area contributed by atoms with E-state index in [1.165, 1.54) is 5.56 Å². The Hall–Kier alpha value is -2.81. The van der Waals surface area contributed by atoms with Gasteiger partial charge in [-0.3, -0.25) is 4.79 Å². The zero-order valence-electron chi connectivity index (χ0n) is 14.7. The fraction of sp³-hybridized carbons (Fsp3) is 0.227.